The van der Waals surface area contributed by atoms with Crippen LogP contribution < -0.4 is 5.32 Å². The highest BCUT2D eigenvalue weighted by Crippen LogP contribution is 2.24. The van der Waals surface area contributed by atoms with Crippen LogP contribution in [0.1, 0.15) is 60.3 Å². The lowest BCUT2D eigenvalue weighted by Gasteiger charge is -2.39. The van der Waals surface area contributed by atoms with E-state index < -0.39 is 14.6 Å². The van der Waals surface area contributed by atoms with E-state index >= 15 is 0 Å². The molecule has 2 heterocycles. The molecule has 0 aromatic heterocycles. The van der Waals surface area contributed by atoms with Crippen molar-refractivity contribution < 1.29 is 8.42 Å². The average Bonchev–Trinajstić information content (AvgIpc) is 2.86. The number of hydrogen-bond donors (Lipinski definition) is 1. The molecule has 0 amide bonds. The van der Waals surface area contributed by atoms with Gasteiger partial charge in [-0.05, 0) is 52.6 Å². The fourth-order valence-corrected chi connectivity index (χ4v) is 5.47. The van der Waals surface area contributed by atoms with Gasteiger partial charge < -0.3 is 10.2 Å². The molecule has 1 N–H and O–H groups in total. The lowest BCUT2D eigenvalue weighted by Crippen LogP contribution is -2.57. The molecular weight excluding hydrogens is 360 g/mol. The Morgan fingerprint density at radius 2 is 1.74 bits per heavy atom. The molecule has 158 valence electrons. The van der Waals surface area contributed by atoms with E-state index in [4.69, 9.17) is 4.99 Å². The second-order valence-electron chi connectivity index (χ2n) is 8.96. The Labute approximate surface area is 166 Å². The fourth-order valence-electron chi connectivity index (χ4n) is 4.11. The third-order valence-electron chi connectivity index (χ3n) is 5.99. The molecule has 6 nitrogen and oxygen atoms in total. The van der Waals surface area contributed by atoms with Crippen LogP contribution in [-0.2, 0) is 9.84 Å². The first-order valence-corrected chi connectivity index (χ1v) is 12.3. The van der Waals surface area contributed by atoms with Gasteiger partial charge in [0.15, 0.2) is 15.8 Å². The number of rotatable bonds is 5. The van der Waals surface area contributed by atoms with Crippen LogP contribution in [-0.4, -0.2) is 80.0 Å². The molecule has 2 fully saturated rings. The fraction of sp³-hybridized carbons (Fsp3) is 0.950. The first kappa shape index (κ1) is 22.5. The molecule has 1 atom stereocenters. The minimum atomic E-state index is -3.04. The van der Waals surface area contributed by atoms with Crippen LogP contribution in [0.15, 0.2) is 4.99 Å². The van der Waals surface area contributed by atoms with E-state index in [1.165, 1.54) is 38.8 Å². The average molecular weight is 401 g/mol. The van der Waals surface area contributed by atoms with Gasteiger partial charge >= 0.3 is 0 Å². The lowest BCUT2D eigenvalue weighted by molar-refractivity contribution is 0.165. The summed E-state index contributed by atoms with van der Waals surface area (Å²) in [5, 5.41) is 3.39. The highest BCUT2D eigenvalue weighted by atomic mass is 32.2. The van der Waals surface area contributed by atoms with Crippen LogP contribution in [0.2, 0.25) is 0 Å². The van der Waals surface area contributed by atoms with E-state index in [1.54, 1.807) is 0 Å². The summed E-state index contributed by atoms with van der Waals surface area (Å²) in [5.41, 5.74) is 0. The van der Waals surface area contributed by atoms with Gasteiger partial charge in [0.1, 0.15) is 0 Å². The Balaban J connectivity index is 2.13. The highest BCUT2D eigenvalue weighted by Gasteiger charge is 2.41. The van der Waals surface area contributed by atoms with Crippen molar-refractivity contribution in [3.63, 3.8) is 0 Å². The maximum atomic E-state index is 12.3. The number of guanidine groups is 1. The largest absolute Gasteiger partial charge is 0.357 e. The Morgan fingerprint density at radius 3 is 2.26 bits per heavy atom. The third-order valence-corrected chi connectivity index (χ3v) is 8.52. The van der Waals surface area contributed by atoms with Gasteiger partial charge in [0.05, 0.1) is 17.0 Å². The number of likely N-dealkylation sites (tertiary alicyclic amines) is 1. The maximum absolute atomic E-state index is 12.3. The van der Waals surface area contributed by atoms with Crippen molar-refractivity contribution in [1.29, 1.82) is 0 Å². The van der Waals surface area contributed by atoms with Crippen molar-refractivity contribution in [3.8, 4) is 0 Å². The minimum absolute atomic E-state index is 0.199. The summed E-state index contributed by atoms with van der Waals surface area (Å²) in [7, 11) is -3.04. The van der Waals surface area contributed by atoms with Crippen LogP contribution >= 0.6 is 0 Å². The summed E-state index contributed by atoms with van der Waals surface area (Å²) in [4.78, 5) is 9.72. The standard InChI is InChI=1S/C20H40N4O2S/c1-6-21-19(24-13-14-27(25,26)20(4,5)16-24)22-15-18(17(2)3)23-11-9-7-8-10-12-23/h17-18H,6-16H2,1-5H3,(H,21,22). The second kappa shape index (κ2) is 9.59. The Bertz CT molecular complexity index is 593. The zero-order valence-corrected chi connectivity index (χ0v) is 18.8. The van der Waals surface area contributed by atoms with Crippen molar-refractivity contribution in [1.82, 2.24) is 15.1 Å². The van der Waals surface area contributed by atoms with Gasteiger partial charge in [-0.15, -0.1) is 0 Å². The highest BCUT2D eigenvalue weighted by molar-refractivity contribution is 7.92. The first-order valence-electron chi connectivity index (χ1n) is 10.7. The van der Waals surface area contributed by atoms with E-state index in [0.717, 1.165) is 19.0 Å². The van der Waals surface area contributed by atoms with Gasteiger partial charge in [0.2, 0.25) is 0 Å². The van der Waals surface area contributed by atoms with Gasteiger partial charge in [-0.3, -0.25) is 9.89 Å². The van der Waals surface area contributed by atoms with Crippen LogP contribution in [0.3, 0.4) is 0 Å². The van der Waals surface area contributed by atoms with Gasteiger partial charge in [-0.2, -0.15) is 0 Å². The molecule has 27 heavy (non-hydrogen) atoms. The molecule has 0 saturated carbocycles. The quantitative estimate of drug-likeness (QED) is 0.567. The Hall–Kier alpha value is -0.820. The Kier molecular flexibility index (Phi) is 7.98. The normalized spacial score (nSPS) is 25.3. The number of sulfone groups is 1. The van der Waals surface area contributed by atoms with E-state index in [-0.39, 0.29) is 5.75 Å². The van der Waals surface area contributed by atoms with Crippen LogP contribution in [0.4, 0.5) is 0 Å². The third kappa shape index (κ3) is 5.83. The Morgan fingerprint density at radius 1 is 1.11 bits per heavy atom. The predicted molar refractivity (Wildman–Crippen MR) is 114 cm³/mol. The molecule has 0 spiro atoms. The zero-order valence-electron chi connectivity index (χ0n) is 18.0. The lowest BCUT2D eigenvalue weighted by atomic mass is 10.0. The van der Waals surface area contributed by atoms with Crippen molar-refractivity contribution in [2.75, 3.05) is 45.0 Å². The summed E-state index contributed by atoms with van der Waals surface area (Å²) in [6.45, 7) is 15.2. The number of hydrogen-bond acceptors (Lipinski definition) is 4. The van der Waals surface area contributed by atoms with E-state index in [0.29, 0.717) is 25.0 Å². The monoisotopic (exact) mass is 400 g/mol. The summed E-state index contributed by atoms with van der Waals surface area (Å²) < 4.78 is 23.9. The summed E-state index contributed by atoms with van der Waals surface area (Å²) in [6, 6.07) is 0.443. The maximum Gasteiger partial charge on any atom is 0.194 e. The zero-order chi connectivity index (χ0) is 20.1. The van der Waals surface area contributed by atoms with Crippen LogP contribution in [0, 0.1) is 5.92 Å². The molecule has 2 saturated heterocycles. The van der Waals surface area contributed by atoms with Crippen molar-refractivity contribution >= 4 is 15.8 Å². The molecule has 0 aromatic carbocycles. The van der Waals surface area contributed by atoms with E-state index in [1.807, 2.05) is 13.8 Å². The summed E-state index contributed by atoms with van der Waals surface area (Å²) >= 11 is 0. The number of nitrogens with one attached hydrogen (secondary N) is 1. The molecule has 0 bridgehead atoms. The molecular formula is C20H40N4O2S. The smallest absolute Gasteiger partial charge is 0.194 e. The van der Waals surface area contributed by atoms with Crippen LogP contribution in [0.5, 0.6) is 0 Å². The molecule has 2 aliphatic rings. The summed E-state index contributed by atoms with van der Waals surface area (Å²) in [5.74, 6) is 1.61. The first-order chi connectivity index (χ1) is 12.7. The van der Waals surface area contributed by atoms with Crippen molar-refractivity contribution in [2.24, 2.45) is 10.9 Å². The molecule has 0 aliphatic carbocycles. The van der Waals surface area contributed by atoms with Gasteiger partial charge in [-0.1, -0.05) is 26.7 Å². The van der Waals surface area contributed by atoms with Gasteiger partial charge in [-0.25, -0.2) is 8.42 Å². The molecule has 0 radical (unpaired) electrons. The number of nitrogens with zero attached hydrogens (tertiary/aromatic N) is 3. The van der Waals surface area contributed by atoms with Gasteiger partial charge in [0, 0.05) is 25.7 Å². The molecule has 7 heteroatoms. The topological polar surface area (TPSA) is 65.0 Å². The van der Waals surface area contributed by atoms with E-state index in [9.17, 15) is 8.42 Å². The number of aliphatic imine (C=N–C) groups is 1. The van der Waals surface area contributed by atoms with Crippen molar-refractivity contribution in [3.05, 3.63) is 0 Å². The SMILES string of the molecule is CCNC(=NCC(C(C)C)N1CCCCCC1)N1CCS(=O)(=O)C(C)(C)C1. The van der Waals surface area contributed by atoms with Crippen molar-refractivity contribution in [2.45, 2.75) is 71.1 Å². The van der Waals surface area contributed by atoms with Gasteiger partial charge in [0.25, 0.3) is 0 Å². The second-order valence-corrected chi connectivity index (χ2v) is 11.7. The molecule has 2 rings (SSSR count). The molecule has 2 aliphatic heterocycles. The molecule has 1 unspecified atom stereocenters. The van der Waals surface area contributed by atoms with Crippen LogP contribution in [0.25, 0.3) is 0 Å². The predicted octanol–water partition coefficient (Wildman–Crippen LogP) is 2.36. The minimum Gasteiger partial charge on any atom is -0.357 e. The summed E-state index contributed by atoms with van der Waals surface area (Å²) in [6.07, 6.45) is 5.24. The molecule has 0 aromatic rings. The van der Waals surface area contributed by atoms with E-state index in [2.05, 4.69) is 35.9 Å².